The van der Waals surface area contributed by atoms with E-state index in [-0.39, 0.29) is 5.92 Å². The Hall–Kier alpha value is -3.64. The lowest BCUT2D eigenvalue weighted by Gasteiger charge is -2.23. The Balaban J connectivity index is 1.59. The van der Waals surface area contributed by atoms with Gasteiger partial charge in [-0.2, -0.15) is 0 Å². The van der Waals surface area contributed by atoms with Crippen LogP contribution in [-0.2, 0) is 0 Å². The molecule has 0 aliphatic carbocycles. The summed E-state index contributed by atoms with van der Waals surface area (Å²) in [4.78, 5) is 0. The first-order valence-corrected chi connectivity index (χ1v) is 12.1. The molecule has 3 aromatic rings. The summed E-state index contributed by atoms with van der Waals surface area (Å²) >= 11 is 0. The zero-order valence-electron chi connectivity index (χ0n) is 20.5. The topological polar surface area (TPSA) is 0 Å². The molecule has 1 atom stereocenters. The molecule has 3 rings (SSSR count). The second-order valence-corrected chi connectivity index (χ2v) is 8.83. The van der Waals surface area contributed by atoms with Crippen LogP contribution in [0.15, 0.2) is 128 Å². The Labute approximate surface area is 206 Å². The summed E-state index contributed by atoms with van der Waals surface area (Å²) in [6.07, 6.45) is 8.03. The normalized spacial score (nSPS) is 11.8. The van der Waals surface area contributed by atoms with E-state index in [4.69, 9.17) is 0 Å². The SMILES string of the molecule is C=C(C/C=C/c1ccc(C(=C)CC)cc1)CCC(=C)C(C(=C)c1ccccc1)c1ccccc1. The molecule has 1 unspecified atom stereocenters. The molecule has 3 aromatic carbocycles. The van der Waals surface area contributed by atoms with Gasteiger partial charge in [0.15, 0.2) is 0 Å². The van der Waals surface area contributed by atoms with Crippen molar-refractivity contribution in [3.8, 4) is 0 Å². The van der Waals surface area contributed by atoms with Crippen LogP contribution in [-0.4, -0.2) is 0 Å². The highest BCUT2D eigenvalue weighted by molar-refractivity contribution is 5.72. The maximum atomic E-state index is 4.48. The molecule has 0 fully saturated rings. The molecule has 34 heavy (non-hydrogen) atoms. The molecule has 0 heteroatoms. The second kappa shape index (κ2) is 12.6. The van der Waals surface area contributed by atoms with Gasteiger partial charge in [-0.15, -0.1) is 0 Å². The first-order chi connectivity index (χ1) is 16.5. The van der Waals surface area contributed by atoms with Crippen LogP contribution >= 0.6 is 0 Å². The summed E-state index contributed by atoms with van der Waals surface area (Å²) in [6.45, 7) is 19.5. The van der Waals surface area contributed by atoms with Crippen LogP contribution in [0.4, 0.5) is 0 Å². The molecule has 0 amide bonds. The van der Waals surface area contributed by atoms with Gasteiger partial charge in [0.2, 0.25) is 0 Å². The summed E-state index contributed by atoms with van der Waals surface area (Å²) < 4.78 is 0. The van der Waals surface area contributed by atoms with Gasteiger partial charge in [-0.25, -0.2) is 0 Å². The third-order valence-corrected chi connectivity index (χ3v) is 6.30. The van der Waals surface area contributed by atoms with Crippen molar-refractivity contribution in [1.29, 1.82) is 0 Å². The summed E-state index contributed by atoms with van der Waals surface area (Å²) in [5, 5.41) is 0. The first-order valence-electron chi connectivity index (χ1n) is 12.1. The lowest BCUT2D eigenvalue weighted by atomic mass is 9.81. The Morgan fingerprint density at radius 2 is 1.35 bits per heavy atom. The van der Waals surface area contributed by atoms with Crippen LogP contribution in [0, 0.1) is 0 Å². The monoisotopic (exact) mass is 444 g/mol. The number of benzene rings is 3. The smallest absolute Gasteiger partial charge is 0.0296 e. The summed E-state index contributed by atoms with van der Waals surface area (Å²) in [5.41, 5.74) is 9.47. The molecule has 0 saturated carbocycles. The predicted molar refractivity (Wildman–Crippen MR) is 152 cm³/mol. The molecule has 0 nitrogen and oxygen atoms in total. The average Bonchev–Trinajstić information content (AvgIpc) is 2.88. The lowest BCUT2D eigenvalue weighted by Crippen LogP contribution is -2.05. The van der Waals surface area contributed by atoms with Crippen LogP contribution in [0.5, 0.6) is 0 Å². The van der Waals surface area contributed by atoms with Crippen LogP contribution < -0.4 is 0 Å². The van der Waals surface area contributed by atoms with Gasteiger partial charge in [-0.3, -0.25) is 0 Å². The Kier molecular flexibility index (Phi) is 9.23. The fraction of sp³-hybridized carbons (Fsp3) is 0.176. The zero-order chi connectivity index (χ0) is 24.3. The van der Waals surface area contributed by atoms with E-state index in [1.165, 1.54) is 33.4 Å². The number of hydrogen-bond donors (Lipinski definition) is 0. The highest BCUT2D eigenvalue weighted by atomic mass is 14.2. The maximum absolute atomic E-state index is 4.48. The summed E-state index contributed by atoms with van der Waals surface area (Å²) in [6, 6.07) is 29.6. The predicted octanol–water partition coefficient (Wildman–Crippen LogP) is 9.90. The Bertz CT molecular complexity index is 1140. The molecule has 0 N–H and O–H groups in total. The largest absolute Gasteiger partial charge is 0.0995 e. The van der Waals surface area contributed by atoms with Crippen molar-refractivity contribution in [2.45, 2.75) is 38.5 Å². The molecule has 0 spiro atoms. The molecule has 0 radical (unpaired) electrons. The minimum Gasteiger partial charge on any atom is -0.0995 e. The molecule has 0 aliphatic rings. The minimum atomic E-state index is 0.100. The van der Waals surface area contributed by atoms with Gasteiger partial charge in [0.05, 0.1) is 0 Å². The van der Waals surface area contributed by atoms with Crippen molar-refractivity contribution in [3.63, 3.8) is 0 Å². The summed E-state index contributed by atoms with van der Waals surface area (Å²) in [5.74, 6) is 0.100. The van der Waals surface area contributed by atoms with E-state index in [1.807, 2.05) is 6.07 Å². The molecule has 0 saturated heterocycles. The molecule has 172 valence electrons. The number of allylic oxidation sites excluding steroid dienone is 5. The standard InChI is InChI=1S/C34H36/c1-6-27(3)31-24-22-30(23-25-31)15-13-14-26(2)20-21-28(4)34(33-18-11-8-12-19-33)29(5)32-16-9-7-10-17-32/h7-13,15-19,22-25,34H,2-6,14,20-21H2,1H3/b15-13+. The molecule has 0 aliphatic heterocycles. The van der Waals surface area contributed by atoms with E-state index in [9.17, 15) is 0 Å². The Morgan fingerprint density at radius 3 is 1.97 bits per heavy atom. The van der Waals surface area contributed by atoms with Crippen LogP contribution in [0.1, 0.15) is 60.8 Å². The third kappa shape index (κ3) is 6.93. The molecular weight excluding hydrogens is 408 g/mol. The first kappa shape index (κ1) is 25.0. The van der Waals surface area contributed by atoms with E-state index in [1.54, 1.807) is 0 Å². The summed E-state index contributed by atoms with van der Waals surface area (Å²) in [7, 11) is 0. The fourth-order valence-electron chi connectivity index (χ4n) is 4.13. The van der Waals surface area contributed by atoms with Gasteiger partial charge in [0, 0.05) is 5.92 Å². The molecule has 0 aromatic heterocycles. The number of rotatable bonds is 12. The van der Waals surface area contributed by atoms with Crippen molar-refractivity contribution < 1.29 is 0 Å². The van der Waals surface area contributed by atoms with Crippen molar-refractivity contribution in [1.82, 2.24) is 0 Å². The van der Waals surface area contributed by atoms with Gasteiger partial charge in [-0.05, 0) is 59.1 Å². The number of hydrogen-bond acceptors (Lipinski definition) is 0. The molecular formula is C34H36. The second-order valence-electron chi connectivity index (χ2n) is 8.83. The minimum absolute atomic E-state index is 0.100. The van der Waals surface area contributed by atoms with Crippen molar-refractivity contribution in [2.75, 3.05) is 0 Å². The van der Waals surface area contributed by atoms with Gasteiger partial charge in [0.1, 0.15) is 0 Å². The van der Waals surface area contributed by atoms with Crippen molar-refractivity contribution in [2.24, 2.45) is 0 Å². The quantitative estimate of drug-likeness (QED) is 0.244. The van der Waals surface area contributed by atoms with E-state index in [0.717, 1.165) is 36.8 Å². The third-order valence-electron chi connectivity index (χ3n) is 6.30. The highest BCUT2D eigenvalue weighted by Crippen LogP contribution is 2.38. The molecule has 0 bridgehead atoms. The molecule has 0 heterocycles. The fourth-order valence-corrected chi connectivity index (χ4v) is 4.13. The van der Waals surface area contributed by atoms with Crippen LogP contribution in [0.2, 0.25) is 0 Å². The van der Waals surface area contributed by atoms with E-state index >= 15 is 0 Å². The van der Waals surface area contributed by atoms with E-state index in [0.29, 0.717) is 0 Å². The van der Waals surface area contributed by atoms with Gasteiger partial charge in [-0.1, -0.05) is 141 Å². The maximum Gasteiger partial charge on any atom is 0.0296 e. The average molecular weight is 445 g/mol. The zero-order valence-corrected chi connectivity index (χ0v) is 20.5. The van der Waals surface area contributed by atoms with Crippen LogP contribution in [0.25, 0.3) is 17.2 Å². The van der Waals surface area contributed by atoms with Crippen molar-refractivity contribution >= 4 is 17.2 Å². The highest BCUT2D eigenvalue weighted by Gasteiger charge is 2.19. The van der Waals surface area contributed by atoms with Crippen LogP contribution in [0.3, 0.4) is 0 Å². The van der Waals surface area contributed by atoms with Gasteiger partial charge < -0.3 is 0 Å². The van der Waals surface area contributed by atoms with Gasteiger partial charge in [0.25, 0.3) is 0 Å². The van der Waals surface area contributed by atoms with Gasteiger partial charge >= 0.3 is 0 Å². The lowest BCUT2D eigenvalue weighted by molar-refractivity contribution is 0.842. The van der Waals surface area contributed by atoms with E-state index < -0.39 is 0 Å². The van der Waals surface area contributed by atoms with E-state index in [2.05, 4.69) is 124 Å². The van der Waals surface area contributed by atoms with Crippen molar-refractivity contribution in [3.05, 3.63) is 151 Å². The Morgan fingerprint density at radius 1 is 0.735 bits per heavy atom.